The van der Waals surface area contributed by atoms with Crippen LogP contribution in [0.1, 0.15) is 0 Å². The molecule has 2 aromatic rings. The van der Waals surface area contributed by atoms with E-state index in [1.807, 2.05) is 18.2 Å². The third-order valence-corrected chi connectivity index (χ3v) is 3.87. The number of aromatic nitrogens is 2. The molecule has 6 heteroatoms. The van der Waals surface area contributed by atoms with Crippen molar-refractivity contribution < 1.29 is 14.2 Å². The van der Waals surface area contributed by atoms with Gasteiger partial charge in [0.1, 0.15) is 12.0 Å². The lowest BCUT2D eigenvalue weighted by Gasteiger charge is -2.59. The van der Waals surface area contributed by atoms with Crippen LogP contribution in [0.5, 0.6) is 11.6 Å². The minimum atomic E-state index is 0.210. The van der Waals surface area contributed by atoms with Gasteiger partial charge in [-0.3, -0.25) is 4.90 Å². The summed E-state index contributed by atoms with van der Waals surface area (Å²) in [5, 5.41) is 0. The molecule has 2 bridgehead atoms. The highest BCUT2D eigenvalue weighted by molar-refractivity contribution is 5.76. The number of fused-ring (bicyclic) bond motifs is 1. The molecule has 0 aliphatic carbocycles. The Labute approximate surface area is 116 Å². The van der Waals surface area contributed by atoms with Crippen LogP contribution in [0.25, 0.3) is 11.0 Å². The SMILES string of the molecule is COc1ccc2ncc(OCOC3C4CN3C4)nc2c1. The van der Waals surface area contributed by atoms with Gasteiger partial charge in [0.2, 0.25) is 5.88 Å². The molecule has 6 nitrogen and oxygen atoms in total. The zero-order chi connectivity index (χ0) is 13.5. The molecule has 1 unspecified atom stereocenters. The summed E-state index contributed by atoms with van der Waals surface area (Å²) in [7, 11) is 1.63. The maximum absolute atomic E-state index is 5.61. The normalized spacial score (nSPS) is 26.8. The Morgan fingerprint density at radius 2 is 2.15 bits per heavy atom. The molecule has 0 spiro atoms. The van der Waals surface area contributed by atoms with E-state index in [0.29, 0.717) is 11.8 Å². The van der Waals surface area contributed by atoms with Gasteiger partial charge in [-0.15, -0.1) is 0 Å². The van der Waals surface area contributed by atoms with Gasteiger partial charge in [-0.25, -0.2) is 9.97 Å². The van der Waals surface area contributed by atoms with E-state index in [4.69, 9.17) is 14.2 Å². The zero-order valence-corrected chi connectivity index (χ0v) is 11.2. The van der Waals surface area contributed by atoms with E-state index < -0.39 is 0 Å². The van der Waals surface area contributed by atoms with Crippen molar-refractivity contribution in [1.82, 2.24) is 14.9 Å². The Bertz CT molecular complexity index is 635. The molecule has 3 aliphatic rings. The van der Waals surface area contributed by atoms with Crippen LogP contribution < -0.4 is 9.47 Å². The molecule has 20 heavy (non-hydrogen) atoms. The molecular weight excluding hydrogens is 258 g/mol. The summed E-state index contributed by atoms with van der Waals surface area (Å²) in [6.45, 7) is 2.54. The Balaban J connectivity index is 1.42. The van der Waals surface area contributed by atoms with Gasteiger partial charge in [-0.1, -0.05) is 0 Å². The lowest BCUT2D eigenvalue weighted by Crippen LogP contribution is -2.72. The highest BCUT2D eigenvalue weighted by Gasteiger charge is 2.51. The second kappa shape index (κ2) is 4.57. The molecule has 4 heterocycles. The van der Waals surface area contributed by atoms with Crippen LogP contribution >= 0.6 is 0 Å². The standard InChI is InChI=1S/C14H15N3O3/c1-18-10-2-3-11-12(4-10)16-13(5-15-11)19-8-20-14-9-6-17(14)7-9/h2-5,9,14H,6-8H2,1H3. The second-order valence-electron chi connectivity index (χ2n) is 5.10. The van der Waals surface area contributed by atoms with Gasteiger partial charge in [0.15, 0.2) is 6.79 Å². The highest BCUT2D eigenvalue weighted by atomic mass is 16.7. The van der Waals surface area contributed by atoms with Crippen molar-refractivity contribution in [1.29, 1.82) is 0 Å². The Hall–Kier alpha value is -1.92. The summed E-state index contributed by atoms with van der Waals surface area (Å²) in [4.78, 5) is 11.0. The van der Waals surface area contributed by atoms with Gasteiger partial charge < -0.3 is 14.2 Å². The smallest absolute Gasteiger partial charge is 0.235 e. The highest BCUT2D eigenvalue weighted by Crippen LogP contribution is 2.38. The van der Waals surface area contributed by atoms with Gasteiger partial charge >= 0.3 is 0 Å². The number of hydrogen-bond donors (Lipinski definition) is 0. The van der Waals surface area contributed by atoms with Gasteiger partial charge in [0, 0.05) is 25.1 Å². The largest absolute Gasteiger partial charge is 0.497 e. The van der Waals surface area contributed by atoms with Crippen LogP contribution in [0, 0.1) is 5.92 Å². The lowest BCUT2D eigenvalue weighted by molar-refractivity contribution is -0.274. The predicted molar refractivity (Wildman–Crippen MR) is 71.5 cm³/mol. The molecule has 1 aromatic heterocycles. The summed E-state index contributed by atoms with van der Waals surface area (Å²) in [5.74, 6) is 1.92. The van der Waals surface area contributed by atoms with Crippen molar-refractivity contribution in [3.8, 4) is 11.6 Å². The zero-order valence-electron chi connectivity index (χ0n) is 11.2. The van der Waals surface area contributed by atoms with Gasteiger partial charge in [-0.2, -0.15) is 0 Å². The molecule has 0 amide bonds. The molecular formula is C14H15N3O3. The minimum absolute atomic E-state index is 0.210. The first kappa shape index (κ1) is 11.9. The van der Waals surface area contributed by atoms with Crippen LogP contribution in [0.4, 0.5) is 0 Å². The van der Waals surface area contributed by atoms with E-state index in [2.05, 4.69) is 14.9 Å². The Morgan fingerprint density at radius 1 is 1.30 bits per heavy atom. The number of methoxy groups -OCH3 is 1. The van der Waals surface area contributed by atoms with Crippen molar-refractivity contribution in [2.45, 2.75) is 6.23 Å². The summed E-state index contributed by atoms with van der Waals surface area (Å²) in [5.41, 5.74) is 1.56. The fourth-order valence-corrected chi connectivity index (χ4v) is 2.54. The summed E-state index contributed by atoms with van der Waals surface area (Å²) in [6.07, 6.45) is 1.86. The van der Waals surface area contributed by atoms with E-state index in [-0.39, 0.29) is 13.0 Å². The number of benzene rings is 1. The number of rotatable bonds is 5. The van der Waals surface area contributed by atoms with E-state index in [1.165, 1.54) is 13.1 Å². The average Bonchev–Trinajstić information content (AvgIpc) is 2.40. The van der Waals surface area contributed by atoms with Gasteiger partial charge in [0.25, 0.3) is 0 Å². The van der Waals surface area contributed by atoms with Crippen molar-refractivity contribution in [3.63, 3.8) is 0 Å². The topological polar surface area (TPSA) is 56.7 Å². The Morgan fingerprint density at radius 3 is 2.85 bits per heavy atom. The molecule has 0 radical (unpaired) electrons. The molecule has 3 saturated heterocycles. The summed E-state index contributed by atoms with van der Waals surface area (Å²) >= 11 is 0. The number of ether oxygens (including phenoxy) is 3. The molecule has 5 rings (SSSR count). The number of nitrogens with zero attached hydrogens (tertiary/aromatic N) is 3. The molecule has 1 aromatic carbocycles. The fraction of sp³-hybridized carbons (Fsp3) is 0.429. The van der Waals surface area contributed by atoms with Crippen LogP contribution in [0.2, 0.25) is 0 Å². The van der Waals surface area contributed by atoms with Crippen LogP contribution in [0.15, 0.2) is 24.4 Å². The lowest BCUT2D eigenvalue weighted by atomic mass is 9.85. The van der Waals surface area contributed by atoms with Crippen molar-refractivity contribution in [3.05, 3.63) is 24.4 Å². The molecule has 3 fully saturated rings. The molecule has 104 valence electrons. The van der Waals surface area contributed by atoms with Crippen LogP contribution in [-0.2, 0) is 4.74 Å². The average molecular weight is 273 g/mol. The molecule has 1 atom stereocenters. The van der Waals surface area contributed by atoms with Crippen LogP contribution in [0.3, 0.4) is 0 Å². The first-order chi connectivity index (χ1) is 9.83. The van der Waals surface area contributed by atoms with Gasteiger partial charge in [0.05, 0.1) is 24.3 Å². The van der Waals surface area contributed by atoms with Gasteiger partial charge in [-0.05, 0) is 12.1 Å². The maximum atomic E-state index is 5.61. The number of hydrogen-bond acceptors (Lipinski definition) is 6. The monoisotopic (exact) mass is 273 g/mol. The fourth-order valence-electron chi connectivity index (χ4n) is 2.54. The third-order valence-electron chi connectivity index (χ3n) is 3.87. The third kappa shape index (κ3) is 1.88. The molecule has 0 saturated carbocycles. The van der Waals surface area contributed by atoms with Crippen molar-refractivity contribution >= 4 is 11.0 Å². The predicted octanol–water partition coefficient (Wildman–Crippen LogP) is 1.26. The molecule has 3 aliphatic heterocycles. The van der Waals surface area contributed by atoms with Crippen LogP contribution in [-0.4, -0.2) is 48.1 Å². The summed E-state index contributed by atoms with van der Waals surface area (Å²) < 4.78 is 16.3. The van der Waals surface area contributed by atoms with E-state index in [0.717, 1.165) is 16.8 Å². The first-order valence-corrected chi connectivity index (χ1v) is 6.63. The van der Waals surface area contributed by atoms with E-state index in [1.54, 1.807) is 13.3 Å². The van der Waals surface area contributed by atoms with Crippen molar-refractivity contribution in [2.24, 2.45) is 5.92 Å². The molecule has 0 N–H and O–H groups in total. The summed E-state index contributed by atoms with van der Waals surface area (Å²) in [6, 6.07) is 5.57. The van der Waals surface area contributed by atoms with E-state index >= 15 is 0 Å². The maximum Gasteiger partial charge on any atom is 0.235 e. The second-order valence-corrected chi connectivity index (χ2v) is 5.10. The first-order valence-electron chi connectivity index (χ1n) is 6.63. The minimum Gasteiger partial charge on any atom is -0.497 e. The Kier molecular flexibility index (Phi) is 2.71. The van der Waals surface area contributed by atoms with Crippen molar-refractivity contribution in [2.75, 3.05) is 27.0 Å². The van der Waals surface area contributed by atoms with E-state index in [9.17, 15) is 0 Å². The quantitative estimate of drug-likeness (QED) is 0.765.